The second-order valence-electron chi connectivity index (χ2n) is 7.54. The average molecular weight is 427 g/mol. The van der Waals surface area contributed by atoms with E-state index in [-0.39, 0.29) is 11.7 Å². The zero-order valence-electron chi connectivity index (χ0n) is 17.4. The highest BCUT2D eigenvalue weighted by Crippen LogP contribution is 2.23. The Morgan fingerprint density at radius 1 is 1.07 bits per heavy atom. The molecule has 0 bridgehead atoms. The van der Waals surface area contributed by atoms with E-state index in [1.807, 2.05) is 68.4 Å². The first-order chi connectivity index (χ1) is 14.2. The molecule has 7 heteroatoms. The van der Waals surface area contributed by atoms with Gasteiger partial charge < -0.3 is 9.73 Å². The van der Waals surface area contributed by atoms with Crippen LogP contribution < -0.4 is 5.32 Å². The van der Waals surface area contributed by atoms with Gasteiger partial charge in [-0.15, -0.1) is 0 Å². The quantitative estimate of drug-likeness (QED) is 0.592. The van der Waals surface area contributed by atoms with Crippen molar-refractivity contribution in [2.24, 2.45) is 0 Å². The molecule has 0 radical (unpaired) electrons. The number of carbonyl (C=O) groups excluding carboxylic acids is 1. The summed E-state index contributed by atoms with van der Waals surface area (Å²) in [7, 11) is -3.68. The lowest BCUT2D eigenvalue weighted by Gasteiger charge is -2.13. The Kier molecular flexibility index (Phi) is 6.72. The third kappa shape index (κ3) is 5.79. The molecule has 0 spiro atoms. The van der Waals surface area contributed by atoms with Gasteiger partial charge in [-0.05, 0) is 37.5 Å². The molecule has 1 N–H and O–H groups in total. The van der Waals surface area contributed by atoms with Gasteiger partial charge in [-0.25, -0.2) is 13.4 Å². The van der Waals surface area contributed by atoms with Gasteiger partial charge in [0.2, 0.25) is 11.8 Å². The fourth-order valence-corrected chi connectivity index (χ4v) is 4.35. The van der Waals surface area contributed by atoms with Crippen LogP contribution in [-0.4, -0.2) is 31.6 Å². The highest BCUT2D eigenvalue weighted by molar-refractivity contribution is 7.91. The second-order valence-corrected chi connectivity index (χ2v) is 9.60. The van der Waals surface area contributed by atoms with Gasteiger partial charge in [0.25, 0.3) is 0 Å². The number of sulfone groups is 1. The van der Waals surface area contributed by atoms with Crippen molar-refractivity contribution in [3.63, 3.8) is 0 Å². The minimum atomic E-state index is -3.68. The summed E-state index contributed by atoms with van der Waals surface area (Å²) in [4.78, 5) is 16.5. The molecule has 1 heterocycles. The molecule has 6 nitrogen and oxygen atoms in total. The lowest BCUT2D eigenvalue weighted by Crippen LogP contribution is -2.33. The summed E-state index contributed by atoms with van der Waals surface area (Å²) in [5.41, 5.74) is 3.30. The van der Waals surface area contributed by atoms with E-state index < -0.39 is 21.5 Å². The first-order valence-electron chi connectivity index (χ1n) is 9.79. The number of nitrogens with zero attached hydrogens (tertiary/aromatic N) is 1. The standard InChI is InChI=1S/C23H26N2O4S/c1-16-9-11-20(12-10-16)23-25-21(18(3)29-23)14-30(27,28)15-22(26)24-13-17(2)19-7-5-4-6-8-19/h4-12,17H,13-15H2,1-3H3,(H,24,26)/t17-/m1/s1. The first kappa shape index (κ1) is 21.8. The Balaban J connectivity index is 1.59. The van der Waals surface area contributed by atoms with Crippen molar-refractivity contribution in [1.82, 2.24) is 10.3 Å². The summed E-state index contributed by atoms with van der Waals surface area (Å²) >= 11 is 0. The smallest absolute Gasteiger partial charge is 0.235 e. The van der Waals surface area contributed by atoms with E-state index in [0.29, 0.717) is 23.9 Å². The number of benzene rings is 2. The van der Waals surface area contributed by atoms with Crippen LogP contribution >= 0.6 is 0 Å². The molecule has 0 aliphatic rings. The molecule has 1 atom stereocenters. The zero-order valence-corrected chi connectivity index (χ0v) is 18.2. The maximum absolute atomic E-state index is 12.5. The third-order valence-corrected chi connectivity index (χ3v) is 6.29. The normalized spacial score (nSPS) is 12.5. The Labute approximate surface area is 177 Å². The molecule has 0 unspecified atom stereocenters. The summed E-state index contributed by atoms with van der Waals surface area (Å²) < 4.78 is 30.7. The van der Waals surface area contributed by atoms with Crippen LogP contribution in [0.4, 0.5) is 0 Å². The van der Waals surface area contributed by atoms with Gasteiger partial charge in [-0.2, -0.15) is 0 Å². The largest absolute Gasteiger partial charge is 0.441 e. The molecule has 0 saturated heterocycles. The fraction of sp³-hybridized carbons (Fsp3) is 0.304. The number of aryl methyl sites for hydroxylation is 2. The maximum Gasteiger partial charge on any atom is 0.235 e. The number of carbonyl (C=O) groups is 1. The van der Waals surface area contributed by atoms with E-state index >= 15 is 0 Å². The summed E-state index contributed by atoms with van der Waals surface area (Å²) in [6.07, 6.45) is 0. The number of aromatic nitrogens is 1. The van der Waals surface area contributed by atoms with Gasteiger partial charge in [0, 0.05) is 12.1 Å². The molecule has 2 aromatic carbocycles. The van der Waals surface area contributed by atoms with Crippen LogP contribution in [0.25, 0.3) is 11.5 Å². The Morgan fingerprint density at radius 3 is 2.40 bits per heavy atom. The van der Waals surface area contributed by atoms with Crippen molar-refractivity contribution in [2.45, 2.75) is 32.4 Å². The zero-order chi connectivity index (χ0) is 21.7. The van der Waals surface area contributed by atoms with Gasteiger partial charge in [0.15, 0.2) is 9.84 Å². The molecule has 0 fully saturated rings. The van der Waals surface area contributed by atoms with Crippen LogP contribution in [0.1, 0.15) is 35.4 Å². The monoisotopic (exact) mass is 426 g/mol. The van der Waals surface area contributed by atoms with Crippen molar-refractivity contribution in [3.05, 3.63) is 77.2 Å². The van der Waals surface area contributed by atoms with Crippen molar-refractivity contribution in [3.8, 4) is 11.5 Å². The van der Waals surface area contributed by atoms with E-state index in [0.717, 1.165) is 16.7 Å². The lowest BCUT2D eigenvalue weighted by molar-refractivity contribution is -0.118. The molecule has 1 aromatic heterocycles. The van der Waals surface area contributed by atoms with E-state index in [1.54, 1.807) is 6.92 Å². The minimum Gasteiger partial charge on any atom is -0.441 e. The van der Waals surface area contributed by atoms with Crippen LogP contribution in [0.2, 0.25) is 0 Å². The fourth-order valence-electron chi connectivity index (χ4n) is 3.06. The molecular formula is C23H26N2O4S. The SMILES string of the molecule is Cc1ccc(-c2nc(CS(=O)(=O)CC(=O)NC[C@@H](C)c3ccccc3)c(C)o2)cc1. The topological polar surface area (TPSA) is 89.3 Å². The van der Waals surface area contributed by atoms with Gasteiger partial charge in [-0.3, -0.25) is 4.79 Å². The van der Waals surface area contributed by atoms with E-state index in [2.05, 4.69) is 10.3 Å². The Morgan fingerprint density at radius 2 is 1.73 bits per heavy atom. The predicted molar refractivity (Wildman–Crippen MR) is 117 cm³/mol. The summed E-state index contributed by atoms with van der Waals surface area (Å²) in [6.45, 7) is 6.01. The van der Waals surface area contributed by atoms with E-state index in [9.17, 15) is 13.2 Å². The maximum atomic E-state index is 12.5. The third-order valence-electron chi connectivity index (χ3n) is 4.87. The lowest BCUT2D eigenvalue weighted by atomic mass is 10.0. The molecule has 3 aromatic rings. The van der Waals surface area contributed by atoms with Gasteiger partial charge >= 0.3 is 0 Å². The minimum absolute atomic E-state index is 0.0905. The average Bonchev–Trinajstić information content (AvgIpc) is 3.06. The molecule has 0 saturated carbocycles. The van der Waals surface area contributed by atoms with Crippen LogP contribution in [0.5, 0.6) is 0 Å². The van der Waals surface area contributed by atoms with Crippen LogP contribution in [0, 0.1) is 13.8 Å². The Bertz CT molecular complexity index is 1100. The van der Waals surface area contributed by atoms with Crippen molar-refractivity contribution < 1.29 is 17.6 Å². The molecular weight excluding hydrogens is 400 g/mol. The number of amides is 1. The first-order valence-corrected chi connectivity index (χ1v) is 11.6. The predicted octanol–water partition coefficient (Wildman–Crippen LogP) is 3.79. The van der Waals surface area contributed by atoms with Gasteiger partial charge in [0.05, 0.1) is 11.4 Å². The number of hydrogen-bond acceptors (Lipinski definition) is 5. The molecule has 30 heavy (non-hydrogen) atoms. The number of rotatable bonds is 8. The van der Waals surface area contributed by atoms with E-state index in [1.165, 1.54) is 0 Å². The molecule has 1 amide bonds. The second kappa shape index (κ2) is 9.26. The molecule has 0 aliphatic carbocycles. The van der Waals surface area contributed by atoms with Crippen molar-refractivity contribution >= 4 is 15.7 Å². The van der Waals surface area contributed by atoms with Crippen molar-refractivity contribution in [1.29, 1.82) is 0 Å². The van der Waals surface area contributed by atoms with E-state index in [4.69, 9.17) is 4.42 Å². The molecule has 158 valence electrons. The van der Waals surface area contributed by atoms with Crippen LogP contribution in [-0.2, 0) is 20.4 Å². The Hall–Kier alpha value is -2.93. The molecule has 0 aliphatic heterocycles. The summed E-state index contributed by atoms with van der Waals surface area (Å²) in [5, 5.41) is 2.71. The number of hydrogen-bond donors (Lipinski definition) is 1. The van der Waals surface area contributed by atoms with Gasteiger partial charge in [0.1, 0.15) is 11.5 Å². The summed E-state index contributed by atoms with van der Waals surface area (Å²) in [6, 6.07) is 17.4. The number of oxazole rings is 1. The van der Waals surface area contributed by atoms with Crippen molar-refractivity contribution in [2.75, 3.05) is 12.3 Å². The molecule has 3 rings (SSSR count). The highest BCUT2D eigenvalue weighted by Gasteiger charge is 2.22. The highest BCUT2D eigenvalue weighted by atomic mass is 32.2. The number of nitrogens with one attached hydrogen (secondary N) is 1. The van der Waals surface area contributed by atoms with Crippen LogP contribution in [0.3, 0.4) is 0 Å². The summed E-state index contributed by atoms with van der Waals surface area (Å²) in [5.74, 6) is -0.534. The van der Waals surface area contributed by atoms with Crippen LogP contribution in [0.15, 0.2) is 59.0 Å². The van der Waals surface area contributed by atoms with Gasteiger partial charge in [-0.1, -0.05) is 55.0 Å².